The first-order chi connectivity index (χ1) is 25.8. The SMILES string of the molecule is CCCCC/C(C)=C\COC(=O)CC[C@@H]1c2nc(cc3[nH]c(cc4nc(cc5[nH]c6c2[C@@H](C(=O)OC)C(O)=c6c5C)[C@H](CC)[C@H]4C)c(=C(C)O)c3C)[C@H]1C. The van der Waals surface area contributed by atoms with Crippen LogP contribution in [-0.2, 0) is 19.1 Å². The number of carbonyl (C=O) groups is 2. The Balaban J connectivity index is 1.57. The molecular formula is C44H56N4O6. The van der Waals surface area contributed by atoms with Crippen molar-refractivity contribution in [3.63, 3.8) is 0 Å². The van der Waals surface area contributed by atoms with Crippen molar-refractivity contribution in [1.82, 2.24) is 19.9 Å². The average molecular weight is 737 g/mol. The number of esters is 2. The van der Waals surface area contributed by atoms with Crippen molar-refractivity contribution >= 4 is 45.5 Å². The van der Waals surface area contributed by atoms with Crippen molar-refractivity contribution in [1.29, 1.82) is 0 Å². The highest BCUT2D eigenvalue weighted by atomic mass is 16.5. The van der Waals surface area contributed by atoms with E-state index in [9.17, 15) is 19.8 Å². The standard InChI is InChI=1S/C44H56N4O6/c1-10-12-13-14-22(3)17-18-54-36(50)16-15-29-24(5)31-19-32-25(6)37(27(8)49)35(46-32)21-30-23(4)28(11-2)34(45-30)20-33-26(7)38-42(48-33)39(41(29)47-31)40(43(38)51)44(52)53-9/h17,19-21,23-24,28-29,40,46,48-49,51H,10-16,18H2,1-9H3/b22-17-,31-19?,34-20?,35-21?,37-27?/t23-,24+,28-,29+,40-/m1/s1. The number of allylic oxidation sites excluding steroid dienone is 1. The molecule has 3 aliphatic rings. The molecule has 8 bridgehead atoms. The van der Waals surface area contributed by atoms with Crippen LogP contribution >= 0.6 is 0 Å². The van der Waals surface area contributed by atoms with Gasteiger partial charge in [-0.3, -0.25) is 19.6 Å². The first kappa shape index (κ1) is 38.9. The average Bonchev–Trinajstić information content (AvgIpc) is 3.87. The van der Waals surface area contributed by atoms with Gasteiger partial charge in [0.2, 0.25) is 0 Å². The number of ether oxygens (including phenoxy) is 2. The van der Waals surface area contributed by atoms with Gasteiger partial charge < -0.3 is 29.7 Å². The van der Waals surface area contributed by atoms with Crippen LogP contribution in [0.1, 0.15) is 156 Å². The molecule has 0 aromatic carbocycles. The van der Waals surface area contributed by atoms with E-state index in [0.717, 1.165) is 75.7 Å². The molecule has 0 amide bonds. The van der Waals surface area contributed by atoms with Gasteiger partial charge in [0.25, 0.3) is 0 Å². The van der Waals surface area contributed by atoms with Gasteiger partial charge in [-0.05, 0) is 88.8 Å². The second-order valence-electron chi connectivity index (χ2n) is 15.5. The number of rotatable bonds is 11. The number of nitrogens with zero attached hydrogens (tertiary/aromatic N) is 2. The molecule has 10 nitrogen and oxygen atoms in total. The largest absolute Gasteiger partial charge is 0.512 e. The molecular weight excluding hydrogens is 681 g/mol. The summed E-state index contributed by atoms with van der Waals surface area (Å²) in [6, 6.07) is 6.09. The van der Waals surface area contributed by atoms with E-state index in [1.165, 1.54) is 19.1 Å². The zero-order chi connectivity index (χ0) is 39.0. The third kappa shape index (κ3) is 7.07. The molecule has 2 aliphatic heterocycles. The number of carbonyl (C=O) groups excluding carboxylic acids is 2. The molecule has 54 heavy (non-hydrogen) atoms. The molecule has 0 saturated carbocycles. The van der Waals surface area contributed by atoms with E-state index >= 15 is 0 Å². The Labute approximate surface area is 317 Å². The van der Waals surface area contributed by atoms with Crippen molar-refractivity contribution in [3.8, 4) is 0 Å². The van der Waals surface area contributed by atoms with E-state index < -0.39 is 11.9 Å². The molecule has 10 heteroatoms. The van der Waals surface area contributed by atoms with Crippen LogP contribution in [0.5, 0.6) is 0 Å². The van der Waals surface area contributed by atoms with Gasteiger partial charge in [-0.1, -0.05) is 46.1 Å². The van der Waals surface area contributed by atoms with Crippen molar-refractivity contribution in [2.75, 3.05) is 13.7 Å². The number of aromatic amines is 2. The number of aliphatic hydroxyl groups excluding tert-OH is 2. The normalized spacial score (nSPS) is 21.4. The van der Waals surface area contributed by atoms with E-state index in [1.807, 2.05) is 32.1 Å². The Morgan fingerprint density at radius 3 is 2.24 bits per heavy atom. The summed E-state index contributed by atoms with van der Waals surface area (Å²) < 4.78 is 10.9. The van der Waals surface area contributed by atoms with Gasteiger partial charge in [-0.25, -0.2) is 0 Å². The summed E-state index contributed by atoms with van der Waals surface area (Å²) >= 11 is 0. The van der Waals surface area contributed by atoms with Crippen LogP contribution in [0.2, 0.25) is 0 Å². The molecule has 0 fully saturated rings. The van der Waals surface area contributed by atoms with E-state index in [4.69, 9.17) is 19.4 Å². The summed E-state index contributed by atoms with van der Waals surface area (Å²) in [5.41, 5.74) is 9.66. The van der Waals surface area contributed by atoms with Crippen LogP contribution in [0.25, 0.3) is 33.6 Å². The summed E-state index contributed by atoms with van der Waals surface area (Å²) in [7, 11) is 1.32. The van der Waals surface area contributed by atoms with Crippen molar-refractivity contribution in [3.05, 3.63) is 79.8 Å². The Bertz CT molecular complexity index is 2290. The molecule has 1 aliphatic carbocycles. The minimum Gasteiger partial charge on any atom is -0.512 e. The van der Waals surface area contributed by atoms with Crippen LogP contribution in [0.15, 0.2) is 29.8 Å². The van der Waals surface area contributed by atoms with Gasteiger partial charge in [-0.15, -0.1) is 0 Å². The molecule has 3 aromatic heterocycles. The zero-order valence-corrected chi connectivity index (χ0v) is 33.3. The predicted molar refractivity (Wildman–Crippen MR) is 213 cm³/mol. The lowest BCUT2D eigenvalue weighted by Crippen LogP contribution is -2.18. The van der Waals surface area contributed by atoms with E-state index in [0.29, 0.717) is 28.4 Å². The molecule has 6 rings (SSSR count). The lowest BCUT2D eigenvalue weighted by Gasteiger charge is -2.19. The summed E-state index contributed by atoms with van der Waals surface area (Å²) in [4.78, 5) is 44.2. The Hall–Kier alpha value is -4.86. The van der Waals surface area contributed by atoms with Gasteiger partial charge in [-0.2, -0.15) is 0 Å². The lowest BCUT2D eigenvalue weighted by atomic mass is 9.84. The molecule has 4 N–H and O–H groups in total. The minimum absolute atomic E-state index is 0.0776. The number of aliphatic hydroxyl groups is 2. The number of unbranched alkanes of at least 4 members (excludes halogenated alkanes) is 2. The Morgan fingerprint density at radius 1 is 0.889 bits per heavy atom. The van der Waals surface area contributed by atoms with Crippen LogP contribution in [0, 0.1) is 13.8 Å². The number of aromatic nitrogens is 4. The van der Waals surface area contributed by atoms with Crippen LogP contribution in [-0.4, -0.2) is 55.8 Å². The lowest BCUT2D eigenvalue weighted by molar-refractivity contribution is -0.143. The second kappa shape index (κ2) is 15.9. The topological polar surface area (TPSA) is 150 Å². The third-order valence-corrected chi connectivity index (χ3v) is 12.0. The summed E-state index contributed by atoms with van der Waals surface area (Å²) in [5.74, 6) is -2.01. The number of H-pyrrole nitrogens is 2. The summed E-state index contributed by atoms with van der Waals surface area (Å²) in [5, 5.41) is 24.0. The highest BCUT2D eigenvalue weighted by molar-refractivity contribution is 5.96. The van der Waals surface area contributed by atoms with Gasteiger partial charge in [0, 0.05) is 74.2 Å². The fraction of sp³-hybridized carbons (Fsp3) is 0.500. The minimum atomic E-state index is -1.08. The summed E-state index contributed by atoms with van der Waals surface area (Å²) in [6.45, 7) is 16.5. The molecule has 3 aromatic rings. The number of aryl methyl sites for hydroxylation is 2. The summed E-state index contributed by atoms with van der Waals surface area (Å²) in [6.07, 6.45) is 7.89. The van der Waals surface area contributed by atoms with Gasteiger partial charge in [0.1, 0.15) is 18.3 Å². The highest BCUT2D eigenvalue weighted by Crippen LogP contribution is 2.46. The van der Waals surface area contributed by atoms with Crippen molar-refractivity contribution in [2.45, 2.75) is 130 Å². The van der Waals surface area contributed by atoms with E-state index in [1.54, 1.807) is 6.92 Å². The van der Waals surface area contributed by atoms with E-state index in [2.05, 4.69) is 50.7 Å². The second-order valence-corrected chi connectivity index (χ2v) is 15.5. The maximum atomic E-state index is 13.5. The molecule has 0 radical (unpaired) electrons. The maximum Gasteiger partial charge on any atom is 0.321 e. The van der Waals surface area contributed by atoms with Gasteiger partial charge in [0.15, 0.2) is 0 Å². The number of methoxy groups -OCH3 is 1. The number of nitrogens with one attached hydrogen (secondary N) is 2. The van der Waals surface area contributed by atoms with Gasteiger partial charge in [0.05, 0.1) is 29.6 Å². The fourth-order valence-electron chi connectivity index (χ4n) is 8.75. The highest BCUT2D eigenvalue weighted by Gasteiger charge is 2.41. The molecule has 0 saturated heterocycles. The Morgan fingerprint density at radius 2 is 1.56 bits per heavy atom. The number of hydrogen-bond donors (Lipinski definition) is 4. The number of hydrogen-bond acceptors (Lipinski definition) is 8. The molecule has 5 heterocycles. The molecule has 0 spiro atoms. The first-order valence-electron chi connectivity index (χ1n) is 19.6. The monoisotopic (exact) mass is 736 g/mol. The van der Waals surface area contributed by atoms with E-state index in [-0.39, 0.29) is 54.2 Å². The zero-order valence-electron chi connectivity index (χ0n) is 33.3. The van der Waals surface area contributed by atoms with Crippen molar-refractivity contribution in [2.24, 2.45) is 0 Å². The van der Waals surface area contributed by atoms with Crippen LogP contribution in [0.4, 0.5) is 0 Å². The number of fused-ring (bicyclic) bond motifs is 8. The fourth-order valence-corrected chi connectivity index (χ4v) is 8.75. The molecule has 0 unspecified atom stereocenters. The van der Waals surface area contributed by atoms with Crippen LogP contribution in [0.3, 0.4) is 0 Å². The predicted octanol–water partition coefficient (Wildman–Crippen LogP) is 8.59. The van der Waals surface area contributed by atoms with Crippen LogP contribution < -0.4 is 10.4 Å². The molecule has 5 atom stereocenters. The Kier molecular flexibility index (Phi) is 11.4. The van der Waals surface area contributed by atoms with Crippen molar-refractivity contribution < 1.29 is 29.3 Å². The van der Waals surface area contributed by atoms with Gasteiger partial charge >= 0.3 is 11.9 Å². The maximum absolute atomic E-state index is 13.5. The smallest absolute Gasteiger partial charge is 0.321 e. The molecule has 288 valence electrons. The third-order valence-electron chi connectivity index (χ3n) is 12.0. The first-order valence-corrected chi connectivity index (χ1v) is 19.6. The quantitative estimate of drug-likeness (QED) is 0.0869.